The van der Waals surface area contributed by atoms with Gasteiger partial charge in [-0.25, -0.2) is 0 Å². The molecule has 1 heterocycles. The van der Waals surface area contributed by atoms with Crippen LogP contribution in [-0.4, -0.2) is 17.2 Å². The predicted molar refractivity (Wildman–Crippen MR) is 69.3 cm³/mol. The maximum absolute atomic E-state index is 12.0. The Morgan fingerprint density at radius 3 is 2.76 bits per heavy atom. The van der Waals surface area contributed by atoms with Gasteiger partial charge >= 0.3 is 0 Å². The standard InChI is InChI=1S/C13H22N2O2/c1-4-11(14)8-15-7-5-6-12(13(15)16)17-9-10(2)3/h5-7,10-11H,4,8-9,14H2,1-3H3. The van der Waals surface area contributed by atoms with Gasteiger partial charge in [0.05, 0.1) is 6.61 Å². The van der Waals surface area contributed by atoms with Crippen molar-refractivity contribution in [1.82, 2.24) is 4.57 Å². The Morgan fingerprint density at radius 1 is 1.47 bits per heavy atom. The van der Waals surface area contributed by atoms with Crippen molar-refractivity contribution in [3.63, 3.8) is 0 Å². The zero-order chi connectivity index (χ0) is 12.8. The van der Waals surface area contributed by atoms with E-state index in [9.17, 15) is 4.79 Å². The lowest BCUT2D eigenvalue weighted by Gasteiger charge is -2.13. The van der Waals surface area contributed by atoms with Crippen molar-refractivity contribution in [2.24, 2.45) is 11.7 Å². The first-order valence-electron chi connectivity index (χ1n) is 6.12. The number of rotatable bonds is 6. The molecular formula is C13H22N2O2. The molecule has 1 atom stereocenters. The van der Waals surface area contributed by atoms with Crippen molar-refractivity contribution in [3.05, 3.63) is 28.7 Å². The van der Waals surface area contributed by atoms with Crippen molar-refractivity contribution in [2.45, 2.75) is 39.8 Å². The van der Waals surface area contributed by atoms with E-state index in [1.165, 1.54) is 0 Å². The minimum Gasteiger partial charge on any atom is -0.488 e. The largest absolute Gasteiger partial charge is 0.488 e. The molecule has 0 aromatic carbocycles. The molecular weight excluding hydrogens is 216 g/mol. The molecule has 4 nitrogen and oxygen atoms in total. The molecule has 1 rings (SSSR count). The van der Waals surface area contributed by atoms with Gasteiger partial charge in [0.1, 0.15) is 0 Å². The molecule has 0 aliphatic heterocycles. The molecule has 0 bridgehead atoms. The van der Waals surface area contributed by atoms with E-state index >= 15 is 0 Å². The average Bonchev–Trinajstić information content (AvgIpc) is 2.30. The second-order valence-corrected chi connectivity index (χ2v) is 4.70. The highest BCUT2D eigenvalue weighted by atomic mass is 16.5. The number of nitrogens with zero attached hydrogens (tertiary/aromatic N) is 1. The van der Waals surface area contributed by atoms with Gasteiger partial charge in [0.25, 0.3) is 5.56 Å². The number of aromatic nitrogens is 1. The third-order valence-electron chi connectivity index (χ3n) is 2.51. The predicted octanol–water partition coefficient (Wildman–Crippen LogP) is 1.62. The topological polar surface area (TPSA) is 57.2 Å². The Kier molecular flexibility index (Phi) is 5.22. The van der Waals surface area contributed by atoms with Crippen LogP contribution in [-0.2, 0) is 6.54 Å². The molecule has 0 saturated heterocycles. The van der Waals surface area contributed by atoms with Crippen molar-refractivity contribution in [3.8, 4) is 5.75 Å². The first-order valence-corrected chi connectivity index (χ1v) is 6.12. The maximum Gasteiger partial charge on any atom is 0.292 e. The first-order chi connectivity index (χ1) is 8.04. The summed E-state index contributed by atoms with van der Waals surface area (Å²) in [5, 5.41) is 0. The summed E-state index contributed by atoms with van der Waals surface area (Å²) in [4.78, 5) is 12.0. The quantitative estimate of drug-likeness (QED) is 0.819. The van der Waals surface area contributed by atoms with E-state index in [4.69, 9.17) is 10.5 Å². The molecule has 1 aromatic heterocycles. The van der Waals surface area contributed by atoms with Crippen molar-refractivity contribution < 1.29 is 4.74 Å². The summed E-state index contributed by atoms with van der Waals surface area (Å²) in [6.45, 7) is 7.20. The Labute approximate surface area is 102 Å². The summed E-state index contributed by atoms with van der Waals surface area (Å²) >= 11 is 0. The fraction of sp³-hybridized carbons (Fsp3) is 0.615. The highest BCUT2D eigenvalue weighted by molar-refractivity contribution is 5.17. The van der Waals surface area contributed by atoms with Crippen molar-refractivity contribution in [1.29, 1.82) is 0 Å². The second-order valence-electron chi connectivity index (χ2n) is 4.70. The zero-order valence-corrected chi connectivity index (χ0v) is 10.8. The molecule has 2 N–H and O–H groups in total. The summed E-state index contributed by atoms with van der Waals surface area (Å²) in [6.07, 6.45) is 2.60. The number of ether oxygens (including phenoxy) is 1. The molecule has 0 saturated carbocycles. The fourth-order valence-corrected chi connectivity index (χ4v) is 1.41. The molecule has 1 aromatic rings. The Balaban J connectivity index is 2.80. The Hall–Kier alpha value is -1.29. The summed E-state index contributed by atoms with van der Waals surface area (Å²) in [6, 6.07) is 3.53. The SMILES string of the molecule is CCC(N)Cn1cccc(OCC(C)C)c1=O. The monoisotopic (exact) mass is 238 g/mol. The molecule has 0 spiro atoms. The Bertz CT molecular complexity index is 399. The van der Waals surface area contributed by atoms with Crippen molar-refractivity contribution in [2.75, 3.05) is 6.61 Å². The average molecular weight is 238 g/mol. The maximum atomic E-state index is 12.0. The van der Waals surface area contributed by atoms with Crippen LogP contribution in [0.5, 0.6) is 5.75 Å². The van der Waals surface area contributed by atoms with Gasteiger partial charge in [-0.3, -0.25) is 4.79 Å². The molecule has 0 amide bonds. The normalized spacial score (nSPS) is 12.8. The minimum atomic E-state index is -0.1000. The fourth-order valence-electron chi connectivity index (χ4n) is 1.41. The molecule has 0 radical (unpaired) electrons. The van der Waals surface area contributed by atoms with E-state index in [0.717, 1.165) is 6.42 Å². The summed E-state index contributed by atoms with van der Waals surface area (Å²) in [5.41, 5.74) is 5.75. The summed E-state index contributed by atoms with van der Waals surface area (Å²) < 4.78 is 7.09. The molecule has 17 heavy (non-hydrogen) atoms. The van der Waals surface area contributed by atoms with Gasteiger partial charge in [0.15, 0.2) is 5.75 Å². The summed E-state index contributed by atoms with van der Waals surface area (Å²) in [5.74, 6) is 0.811. The number of pyridine rings is 1. The third-order valence-corrected chi connectivity index (χ3v) is 2.51. The van der Waals surface area contributed by atoms with E-state index < -0.39 is 0 Å². The van der Waals surface area contributed by atoms with Crippen LogP contribution in [0.1, 0.15) is 27.2 Å². The number of hydrogen-bond donors (Lipinski definition) is 1. The van der Waals surface area contributed by atoms with E-state index in [2.05, 4.69) is 13.8 Å². The zero-order valence-electron chi connectivity index (χ0n) is 10.8. The smallest absolute Gasteiger partial charge is 0.292 e. The molecule has 0 aliphatic carbocycles. The molecule has 0 fully saturated rings. The highest BCUT2D eigenvalue weighted by Crippen LogP contribution is 2.05. The van der Waals surface area contributed by atoms with E-state index in [0.29, 0.717) is 24.8 Å². The van der Waals surface area contributed by atoms with Gasteiger partial charge < -0.3 is 15.0 Å². The molecule has 1 unspecified atom stereocenters. The molecule has 0 aliphatic rings. The Morgan fingerprint density at radius 2 is 2.18 bits per heavy atom. The van der Waals surface area contributed by atoms with Gasteiger partial charge in [0.2, 0.25) is 0 Å². The van der Waals surface area contributed by atoms with Crippen LogP contribution in [0.15, 0.2) is 23.1 Å². The number of hydrogen-bond acceptors (Lipinski definition) is 3. The van der Waals surface area contributed by atoms with Crippen LogP contribution in [0, 0.1) is 5.92 Å². The van der Waals surface area contributed by atoms with Crippen LogP contribution in [0.2, 0.25) is 0 Å². The van der Waals surface area contributed by atoms with E-state index in [1.807, 2.05) is 13.0 Å². The van der Waals surface area contributed by atoms with Crippen LogP contribution < -0.4 is 16.0 Å². The molecule has 4 heteroatoms. The lowest BCUT2D eigenvalue weighted by atomic mass is 10.2. The lowest BCUT2D eigenvalue weighted by molar-refractivity contribution is 0.265. The van der Waals surface area contributed by atoms with Crippen LogP contribution in [0.25, 0.3) is 0 Å². The van der Waals surface area contributed by atoms with Gasteiger partial charge in [0, 0.05) is 18.8 Å². The van der Waals surface area contributed by atoms with Crippen LogP contribution in [0.4, 0.5) is 0 Å². The minimum absolute atomic E-state index is 0.00745. The van der Waals surface area contributed by atoms with Crippen molar-refractivity contribution >= 4 is 0 Å². The van der Waals surface area contributed by atoms with Gasteiger partial charge in [-0.05, 0) is 24.5 Å². The molecule has 96 valence electrons. The summed E-state index contributed by atoms with van der Waals surface area (Å²) in [7, 11) is 0. The third kappa shape index (κ3) is 4.23. The second kappa shape index (κ2) is 6.45. The van der Waals surface area contributed by atoms with Gasteiger partial charge in [-0.1, -0.05) is 20.8 Å². The van der Waals surface area contributed by atoms with Crippen LogP contribution in [0.3, 0.4) is 0 Å². The first kappa shape index (κ1) is 13.8. The van der Waals surface area contributed by atoms with E-state index in [-0.39, 0.29) is 11.6 Å². The lowest BCUT2D eigenvalue weighted by Crippen LogP contribution is -2.31. The number of nitrogens with two attached hydrogens (primary N) is 1. The van der Waals surface area contributed by atoms with Gasteiger partial charge in [-0.15, -0.1) is 0 Å². The van der Waals surface area contributed by atoms with Gasteiger partial charge in [-0.2, -0.15) is 0 Å². The van der Waals surface area contributed by atoms with E-state index in [1.54, 1.807) is 16.8 Å². The highest BCUT2D eigenvalue weighted by Gasteiger charge is 2.07. The van der Waals surface area contributed by atoms with Crippen LogP contribution >= 0.6 is 0 Å².